The Kier molecular flexibility index (Phi) is 4.09. The van der Waals surface area contributed by atoms with E-state index in [1.165, 1.54) is 0 Å². The topological polar surface area (TPSA) is 78.0 Å². The minimum absolute atomic E-state index is 0.0585. The highest BCUT2D eigenvalue weighted by atomic mass is 16.3. The summed E-state index contributed by atoms with van der Waals surface area (Å²) in [5.41, 5.74) is 1.41. The van der Waals surface area contributed by atoms with E-state index in [1.54, 1.807) is 12.3 Å². The van der Waals surface area contributed by atoms with Crippen LogP contribution in [-0.2, 0) is 0 Å². The second kappa shape index (κ2) is 5.63. The molecule has 0 spiro atoms. The molecule has 3 N–H and O–H groups in total. The average molecular weight is 275 g/mol. The lowest BCUT2D eigenvalue weighted by atomic mass is 9.84. The zero-order valence-electron chi connectivity index (χ0n) is 12.1. The summed E-state index contributed by atoms with van der Waals surface area (Å²) in [6, 6.07) is 5.36. The van der Waals surface area contributed by atoms with Crippen molar-refractivity contribution in [2.75, 3.05) is 6.61 Å². The molecule has 108 valence electrons. The Morgan fingerprint density at radius 1 is 1.45 bits per heavy atom. The second-order valence-corrected chi connectivity index (χ2v) is 6.08. The monoisotopic (exact) mass is 275 g/mol. The quantitative estimate of drug-likeness (QED) is 0.799. The molecule has 0 bridgehead atoms. The molecule has 5 nitrogen and oxygen atoms in total. The molecule has 1 aromatic heterocycles. The Bertz CT molecular complexity index is 598. The van der Waals surface area contributed by atoms with Gasteiger partial charge in [-0.05, 0) is 30.0 Å². The van der Waals surface area contributed by atoms with Crippen LogP contribution in [0.15, 0.2) is 24.4 Å². The van der Waals surface area contributed by atoms with E-state index < -0.39 is 0 Å². The summed E-state index contributed by atoms with van der Waals surface area (Å²) in [5.74, 6) is -0.124. The molecule has 2 aromatic rings. The Morgan fingerprint density at radius 2 is 2.20 bits per heavy atom. The standard InChI is InChI=1S/C15H21N3O2/c1-15(2,3)13(6-7-19)17-14(20)10-4-5-12-11(8-10)9-16-18-12/h4-5,8-9,13,19H,6-7H2,1-3H3,(H,16,18)(H,17,20). The van der Waals surface area contributed by atoms with Crippen molar-refractivity contribution >= 4 is 16.8 Å². The van der Waals surface area contributed by atoms with Crippen LogP contribution in [0.25, 0.3) is 10.9 Å². The highest BCUT2D eigenvalue weighted by Gasteiger charge is 2.26. The van der Waals surface area contributed by atoms with Gasteiger partial charge < -0.3 is 10.4 Å². The third kappa shape index (κ3) is 3.17. The number of H-pyrrole nitrogens is 1. The number of rotatable bonds is 4. The van der Waals surface area contributed by atoms with Crippen molar-refractivity contribution in [3.63, 3.8) is 0 Å². The number of hydrogen-bond acceptors (Lipinski definition) is 3. The smallest absolute Gasteiger partial charge is 0.251 e. The Labute approximate surface area is 118 Å². The number of carbonyl (C=O) groups is 1. The number of hydrogen-bond donors (Lipinski definition) is 3. The summed E-state index contributed by atoms with van der Waals surface area (Å²) in [5, 5.41) is 19.8. The number of amides is 1. The van der Waals surface area contributed by atoms with Crippen molar-refractivity contribution < 1.29 is 9.90 Å². The molecule has 0 saturated carbocycles. The number of benzene rings is 1. The highest BCUT2D eigenvalue weighted by Crippen LogP contribution is 2.22. The third-order valence-electron chi connectivity index (χ3n) is 3.47. The van der Waals surface area contributed by atoms with E-state index in [2.05, 4.69) is 15.5 Å². The first-order valence-corrected chi connectivity index (χ1v) is 6.76. The van der Waals surface area contributed by atoms with E-state index in [9.17, 15) is 4.79 Å². The van der Waals surface area contributed by atoms with Crippen molar-refractivity contribution in [3.8, 4) is 0 Å². The van der Waals surface area contributed by atoms with Gasteiger partial charge in [0, 0.05) is 23.6 Å². The van der Waals surface area contributed by atoms with Crippen molar-refractivity contribution in [1.82, 2.24) is 15.5 Å². The molecule has 1 unspecified atom stereocenters. The highest BCUT2D eigenvalue weighted by molar-refractivity contribution is 5.98. The summed E-state index contributed by atoms with van der Waals surface area (Å²) >= 11 is 0. The van der Waals surface area contributed by atoms with Crippen molar-refractivity contribution in [2.24, 2.45) is 5.41 Å². The lowest BCUT2D eigenvalue weighted by molar-refractivity contribution is 0.0885. The molecule has 0 radical (unpaired) electrons. The maximum atomic E-state index is 12.3. The summed E-state index contributed by atoms with van der Waals surface area (Å²) in [6.45, 7) is 6.20. The van der Waals surface area contributed by atoms with Gasteiger partial charge in [0.25, 0.3) is 5.91 Å². The fourth-order valence-corrected chi connectivity index (χ4v) is 2.18. The number of aromatic nitrogens is 2. The Morgan fingerprint density at radius 3 is 2.85 bits per heavy atom. The molecule has 1 aromatic carbocycles. The van der Waals surface area contributed by atoms with E-state index in [4.69, 9.17) is 5.11 Å². The van der Waals surface area contributed by atoms with Crippen LogP contribution >= 0.6 is 0 Å². The van der Waals surface area contributed by atoms with Gasteiger partial charge in [0.05, 0.1) is 11.7 Å². The number of aliphatic hydroxyl groups excluding tert-OH is 1. The van der Waals surface area contributed by atoms with Crippen LogP contribution < -0.4 is 5.32 Å². The molecule has 0 saturated heterocycles. The first-order valence-electron chi connectivity index (χ1n) is 6.76. The first kappa shape index (κ1) is 14.5. The first-order chi connectivity index (χ1) is 9.41. The largest absolute Gasteiger partial charge is 0.396 e. The van der Waals surface area contributed by atoms with E-state index in [1.807, 2.05) is 32.9 Å². The summed E-state index contributed by atoms with van der Waals surface area (Å²) in [6.07, 6.45) is 2.24. The number of nitrogens with zero attached hydrogens (tertiary/aromatic N) is 1. The number of carbonyl (C=O) groups excluding carboxylic acids is 1. The summed E-state index contributed by atoms with van der Waals surface area (Å²) in [4.78, 5) is 12.3. The Hall–Kier alpha value is -1.88. The molecule has 20 heavy (non-hydrogen) atoms. The van der Waals surface area contributed by atoms with Crippen LogP contribution in [0.5, 0.6) is 0 Å². The van der Waals surface area contributed by atoms with Crippen LogP contribution in [0.3, 0.4) is 0 Å². The summed E-state index contributed by atoms with van der Waals surface area (Å²) < 4.78 is 0. The van der Waals surface area contributed by atoms with E-state index in [-0.39, 0.29) is 24.0 Å². The van der Waals surface area contributed by atoms with Gasteiger partial charge in [-0.2, -0.15) is 5.10 Å². The van der Waals surface area contributed by atoms with E-state index >= 15 is 0 Å². The average Bonchev–Trinajstić information content (AvgIpc) is 2.84. The van der Waals surface area contributed by atoms with Gasteiger partial charge in [-0.1, -0.05) is 20.8 Å². The second-order valence-electron chi connectivity index (χ2n) is 6.08. The van der Waals surface area contributed by atoms with Crippen LogP contribution in [0.4, 0.5) is 0 Å². The molecule has 0 fully saturated rings. The molecule has 0 aliphatic heterocycles. The van der Waals surface area contributed by atoms with Crippen LogP contribution in [-0.4, -0.2) is 33.9 Å². The maximum Gasteiger partial charge on any atom is 0.251 e. The van der Waals surface area contributed by atoms with Crippen LogP contribution in [0, 0.1) is 5.41 Å². The van der Waals surface area contributed by atoms with Crippen molar-refractivity contribution in [2.45, 2.75) is 33.2 Å². The lowest BCUT2D eigenvalue weighted by Gasteiger charge is -2.31. The predicted octanol–water partition coefficient (Wildman–Crippen LogP) is 2.09. The number of aliphatic hydroxyl groups is 1. The van der Waals surface area contributed by atoms with E-state index in [0.717, 1.165) is 10.9 Å². The maximum absolute atomic E-state index is 12.3. The van der Waals surface area contributed by atoms with Gasteiger partial charge in [-0.3, -0.25) is 9.89 Å². The minimum Gasteiger partial charge on any atom is -0.396 e. The Balaban J connectivity index is 2.17. The SMILES string of the molecule is CC(C)(C)C(CCO)NC(=O)c1ccc2[nH]ncc2c1. The van der Waals surface area contributed by atoms with Crippen molar-refractivity contribution in [1.29, 1.82) is 0 Å². The molecule has 1 amide bonds. The predicted molar refractivity (Wildman–Crippen MR) is 78.5 cm³/mol. The van der Waals surface area contributed by atoms with Gasteiger partial charge >= 0.3 is 0 Å². The molecule has 0 aliphatic rings. The van der Waals surface area contributed by atoms with E-state index in [0.29, 0.717) is 12.0 Å². The molecular weight excluding hydrogens is 254 g/mol. The molecule has 1 atom stereocenters. The third-order valence-corrected chi connectivity index (χ3v) is 3.47. The number of nitrogens with one attached hydrogen (secondary N) is 2. The fourth-order valence-electron chi connectivity index (χ4n) is 2.18. The van der Waals surface area contributed by atoms with Gasteiger partial charge in [0.2, 0.25) is 0 Å². The number of fused-ring (bicyclic) bond motifs is 1. The molecule has 0 aliphatic carbocycles. The van der Waals surface area contributed by atoms with Crippen LogP contribution in [0.1, 0.15) is 37.6 Å². The summed E-state index contributed by atoms with van der Waals surface area (Å²) in [7, 11) is 0. The molecule has 5 heteroatoms. The van der Waals surface area contributed by atoms with Gasteiger partial charge in [-0.15, -0.1) is 0 Å². The van der Waals surface area contributed by atoms with Gasteiger partial charge in [0.15, 0.2) is 0 Å². The molecule has 1 heterocycles. The molecular formula is C15H21N3O2. The fraction of sp³-hybridized carbons (Fsp3) is 0.467. The zero-order chi connectivity index (χ0) is 14.8. The lowest BCUT2D eigenvalue weighted by Crippen LogP contribution is -2.44. The number of aromatic amines is 1. The molecule has 2 rings (SSSR count). The van der Waals surface area contributed by atoms with Gasteiger partial charge in [0.1, 0.15) is 0 Å². The van der Waals surface area contributed by atoms with Crippen LogP contribution in [0.2, 0.25) is 0 Å². The van der Waals surface area contributed by atoms with Crippen molar-refractivity contribution in [3.05, 3.63) is 30.0 Å². The van der Waals surface area contributed by atoms with Gasteiger partial charge in [-0.25, -0.2) is 0 Å². The zero-order valence-corrected chi connectivity index (χ0v) is 12.1. The normalized spacial score (nSPS) is 13.4. The minimum atomic E-state index is -0.124.